The van der Waals surface area contributed by atoms with E-state index in [1.807, 2.05) is 0 Å². The van der Waals surface area contributed by atoms with Crippen LogP contribution in [-0.2, 0) is 6.18 Å². The second-order valence-electron chi connectivity index (χ2n) is 4.73. The molecule has 1 aromatic carbocycles. The number of nitrogens with zero attached hydrogens (tertiary/aromatic N) is 2. The van der Waals surface area contributed by atoms with Gasteiger partial charge in [-0.25, -0.2) is 14.5 Å². The van der Waals surface area contributed by atoms with E-state index in [0.29, 0.717) is 4.90 Å². The van der Waals surface area contributed by atoms with E-state index in [-0.39, 0.29) is 16.8 Å². The van der Waals surface area contributed by atoms with Crippen molar-refractivity contribution in [3.8, 4) is 6.07 Å². The minimum atomic E-state index is -4.58. The minimum Gasteiger partial charge on any atom is -0.464 e. The second kappa shape index (κ2) is 5.64. The van der Waals surface area contributed by atoms with Gasteiger partial charge in [0.05, 0.1) is 23.2 Å². The SMILES string of the molecule is CC1=C(C#N)C(c2cccc(C(F)(F)F)c2)NC(=O)N1C(=O)O. The van der Waals surface area contributed by atoms with Gasteiger partial charge in [0, 0.05) is 5.70 Å². The molecular formula is C14H10F3N3O3. The lowest BCUT2D eigenvalue weighted by Crippen LogP contribution is -2.48. The van der Waals surface area contributed by atoms with Crippen molar-refractivity contribution in [3.63, 3.8) is 0 Å². The third-order valence-electron chi connectivity index (χ3n) is 3.34. The number of halogens is 3. The number of amides is 3. The van der Waals surface area contributed by atoms with Crippen LogP contribution in [0.15, 0.2) is 35.5 Å². The van der Waals surface area contributed by atoms with Crippen LogP contribution in [0, 0.1) is 11.3 Å². The first kappa shape index (κ1) is 16.4. The molecule has 0 radical (unpaired) electrons. The number of nitriles is 1. The van der Waals surface area contributed by atoms with E-state index in [1.54, 1.807) is 6.07 Å². The van der Waals surface area contributed by atoms with Crippen LogP contribution < -0.4 is 5.32 Å². The molecule has 0 aromatic heterocycles. The van der Waals surface area contributed by atoms with E-state index in [9.17, 15) is 28.0 Å². The first-order chi connectivity index (χ1) is 10.7. The topological polar surface area (TPSA) is 93.4 Å². The molecule has 1 aliphatic rings. The molecule has 0 spiro atoms. The van der Waals surface area contributed by atoms with Gasteiger partial charge in [-0.3, -0.25) is 0 Å². The molecule has 0 fully saturated rings. The van der Waals surface area contributed by atoms with Crippen molar-refractivity contribution in [1.29, 1.82) is 5.26 Å². The Labute approximate surface area is 128 Å². The Hall–Kier alpha value is -3.02. The van der Waals surface area contributed by atoms with E-state index in [2.05, 4.69) is 5.32 Å². The van der Waals surface area contributed by atoms with Crippen LogP contribution >= 0.6 is 0 Å². The molecule has 0 aliphatic carbocycles. The van der Waals surface area contributed by atoms with Crippen molar-refractivity contribution in [2.45, 2.75) is 19.1 Å². The summed E-state index contributed by atoms with van der Waals surface area (Å²) in [7, 11) is 0. The minimum absolute atomic E-state index is 0.0362. The van der Waals surface area contributed by atoms with Crippen LogP contribution in [0.1, 0.15) is 24.1 Å². The van der Waals surface area contributed by atoms with Crippen molar-refractivity contribution in [1.82, 2.24) is 10.2 Å². The molecule has 1 unspecified atom stereocenters. The highest BCUT2D eigenvalue weighted by Crippen LogP contribution is 2.34. The number of allylic oxidation sites excluding steroid dienone is 1. The number of carboxylic acid groups (broad SMARTS) is 1. The zero-order valence-electron chi connectivity index (χ0n) is 11.7. The van der Waals surface area contributed by atoms with Crippen LogP contribution in [0.25, 0.3) is 0 Å². The molecule has 0 bridgehead atoms. The van der Waals surface area contributed by atoms with Crippen LogP contribution in [0.2, 0.25) is 0 Å². The van der Waals surface area contributed by atoms with Crippen molar-refractivity contribution in [2.75, 3.05) is 0 Å². The Bertz CT molecular complexity index is 750. The van der Waals surface area contributed by atoms with Gasteiger partial charge in [-0.05, 0) is 24.6 Å². The third-order valence-corrected chi connectivity index (χ3v) is 3.34. The van der Waals surface area contributed by atoms with Gasteiger partial charge in [-0.1, -0.05) is 12.1 Å². The average Bonchev–Trinajstić information content (AvgIpc) is 2.45. The zero-order chi connectivity index (χ0) is 17.4. The Morgan fingerprint density at radius 1 is 1.43 bits per heavy atom. The quantitative estimate of drug-likeness (QED) is 0.829. The molecular weight excluding hydrogens is 315 g/mol. The zero-order valence-corrected chi connectivity index (χ0v) is 11.7. The summed E-state index contributed by atoms with van der Waals surface area (Å²) < 4.78 is 38.4. The Balaban J connectivity index is 2.54. The average molecular weight is 325 g/mol. The highest BCUT2D eigenvalue weighted by molar-refractivity contribution is 5.94. The number of carbonyl (C=O) groups excluding carboxylic acids is 1. The van der Waals surface area contributed by atoms with Crippen molar-refractivity contribution >= 4 is 12.1 Å². The summed E-state index contributed by atoms with van der Waals surface area (Å²) in [6.45, 7) is 1.24. The molecule has 9 heteroatoms. The summed E-state index contributed by atoms with van der Waals surface area (Å²) in [6.07, 6.45) is -6.16. The molecule has 120 valence electrons. The summed E-state index contributed by atoms with van der Waals surface area (Å²) in [4.78, 5) is 23.2. The van der Waals surface area contributed by atoms with Gasteiger partial charge in [-0.15, -0.1) is 0 Å². The summed E-state index contributed by atoms with van der Waals surface area (Å²) >= 11 is 0. The smallest absolute Gasteiger partial charge is 0.419 e. The fourth-order valence-electron chi connectivity index (χ4n) is 2.26. The molecule has 0 saturated carbocycles. The van der Waals surface area contributed by atoms with Crippen molar-refractivity contribution < 1.29 is 27.9 Å². The first-order valence-electron chi connectivity index (χ1n) is 6.28. The van der Waals surface area contributed by atoms with Crippen LogP contribution in [0.3, 0.4) is 0 Å². The number of benzene rings is 1. The van der Waals surface area contributed by atoms with Gasteiger partial charge in [0.1, 0.15) is 0 Å². The highest BCUT2D eigenvalue weighted by atomic mass is 19.4. The van der Waals surface area contributed by atoms with E-state index in [0.717, 1.165) is 18.2 Å². The molecule has 1 aromatic rings. The number of nitrogens with one attached hydrogen (secondary N) is 1. The predicted molar refractivity (Wildman–Crippen MR) is 70.9 cm³/mol. The van der Waals surface area contributed by atoms with Crippen molar-refractivity contribution in [3.05, 3.63) is 46.7 Å². The number of alkyl halides is 3. The largest absolute Gasteiger partial charge is 0.464 e. The number of rotatable bonds is 1. The number of carbonyl (C=O) groups is 2. The van der Waals surface area contributed by atoms with Crippen LogP contribution in [0.4, 0.5) is 22.8 Å². The maximum Gasteiger partial charge on any atom is 0.419 e. The number of imide groups is 1. The van der Waals surface area contributed by atoms with Gasteiger partial charge in [-0.2, -0.15) is 18.4 Å². The lowest BCUT2D eigenvalue weighted by atomic mass is 9.94. The van der Waals surface area contributed by atoms with Gasteiger partial charge in [0.15, 0.2) is 0 Å². The van der Waals surface area contributed by atoms with Crippen LogP contribution in [0.5, 0.6) is 0 Å². The van der Waals surface area contributed by atoms with E-state index < -0.39 is 29.9 Å². The molecule has 2 rings (SSSR count). The van der Waals surface area contributed by atoms with Crippen molar-refractivity contribution in [2.24, 2.45) is 0 Å². The number of hydrogen-bond donors (Lipinski definition) is 2. The lowest BCUT2D eigenvalue weighted by molar-refractivity contribution is -0.137. The standard InChI is InChI=1S/C14H10F3N3O3/c1-7-10(6-18)11(19-12(21)20(7)13(22)23)8-3-2-4-9(5-8)14(15,16)17/h2-5,11H,1H3,(H,19,21)(H,22,23). The fraction of sp³-hybridized carbons (Fsp3) is 0.214. The highest BCUT2D eigenvalue weighted by Gasteiger charge is 2.37. The molecule has 0 saturated heterocycles. The molecule has 6 nitrogen and oxygen atoms in total. The summed E-state index contributed by atoms with van der Waals surface area (Å²) in [5, 5.41) is 20.4. The normalized spacial score (nSPS) is 18.5. The molecule has 1 atom stereocenters. The fourth-order valence-corrected chi connectivity index (χ4v) is 2.26. The first-order valence-corrected chi connectivity index (χ1v) is 6.28. The molecule has 3 amide bonds. The number of urea groups is 1. The Kier molecular flexibility index (Phi) is 4.01. The predicted octanol–water partition coefficient (Wildman–Crippen LogP) is 3.25. The summed E-state index contributed by atoms with van der Waals surface area (Å²) in [6, 6.07) is 3.71. The Morgan fingerprint density at radius 3 is 2.61 bits per heavy atom. The molecule has 1 aliphatic heterocycles. The van der Waals surface area contributed by atoms with Gasteiger partial charge in [0.2, 0.25) is 0 Å². The maximum absolute atomic E-state index is 12.8. The van der Waals surface area contributed by atoms with E-state index in [4.69, 9.17) is 5.11 Å². The van der Waals surface area contributed by atoms with E-state index in [1.165, 1.54) is 13.0 Å². The third kappa shape index (κ3) is 2.96. The summed E-state index contributed by atoms with van der Waals surface area (Å²) in [5.41, 5.74) is -1.19. The monoisotopic (exact) mass is 325 g/mol. The van der Waals surface area contributed by atoms with Crippen LogP contribution in [-0.4, -0.2) is 22.1 Å². The maximum atomic E-state index is 12.8. The molecule has 2 N–H and O–H groups in total. The number of hydrogen-bond acceptors (Lipinski definition) is 3. The Morgan fingerprint density at radius 2 is 2.09 bits per heavy atom. The van der Waals surface area contributed by atoms with E-state index >= 15 is 0 Å². The molecule has 23 heavy (non-hydrogen) atoms. The van der Waals surface area contributed by atoms with Gasteiger partial charge < -0.3 is 10.4 Å². The van der Waals surface area contributed by atoms with Gasteiger partial charge in [0.25, 0.3) is 0 Å². The van der Waals surface area contributed by atoms with Gasteiger partial charge >= 0.3 is 18.3 Å². The lowest BCUT2D eigenvalue weighted by Gasteiger charge is -2.31. The summed E-state index contributed by atoms with van der Waals surface area (Å²) in [5.74, 6) is 0. The molecule has 1 heterocycles. The second-order valence-corrected chi connectivity index (χ2v) is 4.73.